The average Bonchev–Trinajstić information content (AvgIpc) is 2.01. The van der Waals surface area contributed by atoms with Crippen LogP contribution in [0.5, 0.6) is 0 Å². The van der Waals surface area contributed by atoms with E-state index in [1.807, 2.05) is 14.1 Å². The van der Waals surface area contributed by atoms with Gasteiger partial charge in [-0.3, -0.25) is 0 Å². The van der Waals surface area contributed by atoms with Gasteiger partial charge in [0.2, 0.25) is 0 Å². The third-order valence-corrected chi connectivity index (χ3v) is 2.15. The molecule has 0 aliphatic carbocycles. The van der Waals surface area contributed by atoms with E-state index in [1.165, 1.54) is 0 Å². The molecule has 1 amide bonds. The van der Waals surface area contributed by atoms with Gasteiger partial charge in [-0.2, -0.15) is 0 Å². The summed E-state index contributed by atoms with van der Waals surface area (Å²) in [7, 11) is 3.96. The number of carbonyl (C=O) groups excluding carboxylic acids is 1. The van der Waals surface area contributed by atoms with Crippen LogP contribution >= 0.6 is 0 Å². The van der Waals surface area contributed by atoms with Crippen molar-refractivity contribution in [2.24, 2.45) is 0 Å². The molecule has 0 fully saturated rings. The molecule has 0 aliphatic heterocycles. The molecule has 4 heteroatoms. The minimum absolute atomic E-state index is 0.0488. The molecule has 0 heterocycles. The normalized spacial score (nSPS) is 11.5. The van der Waals surface area contributed by atoms with Gasteiger partial charge in [0.25, 0.3) is 0 Å². The highest BCUT2D eigenvalue weighted by atomic mass is 16.5. The summed E-state index contributed by atoms with van der Waals surface area (Å²) in [5.41, 5.74) is -0.0488. The van der Waals surface area contributed by atoms with Crippen LogP contribution < -0.4 is 5.32 Å². The highest BCUT2D eigenvalue weighted by molar-refractivity contribution is 5.67. The number of nitrogens with one attached hydrogen (secondary N) is 1. The quantitative estimate of drug-likeness (QED) is 0.717. The van der Waals surface area contributed by atoms with E-state index in [0.717, 1.165) is 0 Å². The Bertz CT molecular complexity index is 167. The number of carbonyl (C=O) groups is 1. The summed E-state index contributed by atoms with van der Waals surface area (Å²) in [6.07, 6.45) is -0.350. The Hall–Kier alpha value is -0.770. The maximum Gasteiger partial charge on any atom is 0.407 e. The summed E-state index contributed by atoms with van der Waals surface area (Å²) >= 11 is 0. The lowest BCUT2D eigenvalue weighted by molar-refractivity contribution is 0.138. The smallest absolute Gasteiger partial charge is 0.407 e. The SMILES string of the molecule is CCOC(=O)NCC(C)(C)N(C)C. The van der Waals surface area contributed by atoms with E-state index in [4.69, 9.17) is 4.74 Å². The molecule has 1 N–H and O–H groups in total. The summed E-state index contributed by atoms with van der Waals surface area (Å²) < 4.78 is 4.75. The maximum absolute atomic E-state index is 11.0. The fraction of sp³-hybridized carbons (Fsp3) is 0.889. The molecule has 4 nitrogen and oxygen atoms in total. The maximum atomic E-state index is 11.0. The molecule has 78 valence electrons. The summed E-state index contributed by atoms with van der Waals surface area (Å²) in [6.45, 7) is 6.89. The van der Waals surface area contributed by atoms with Crippen molar-refractivity contribution >= 4 is 6.09 Å². The van der Waals surface area contributed by atoms with Crippen molar-refractivity contribution in [1.82, 2.24) is 10.2 Å². The van der Waals surface area contributed by atoms with E-state index in [9.17, 15) is 4.79 Å². The monoisotopic (exact) mass is 188 g/mol. The third-order valence-electron chi connectivity index (χ3n) is 2.15. The van der Waals surface area contributed by atoms with Crippen molar-refractivity contribution in [3.05, 3.63) is 0 Å². The zero-order chi connectivity index (χ0) is 10.5. The van der Waals surface area contributed by atoms with Crippen LogP contribution in [0.15, 0.2) is 0 Å². The Balaban J connectivity index is 3.81. The molecule has 0 saturated carbocycles. The molecule has 0 atom stereocenters. The molecule has 13 heavy (non-hydrogen) atoms. The van der Waals surface area contributed by atoms with Crippen molar-refractivity contribution in [2.75, 3.05) is 27.2 Å². The second-order valence-electron chi connectivity index (χ2n) is 3.78. The molecule has 0 spiro atoms. The Kier molecular flexibility index (Phi) is 4.77. The highest BCUT2D eigenvalue weighted by Gasteiger charge is 2.20. The molecule has 0 aromatic rings. The third kappa shape index (κ3) is 4.72. The van der Waals surface area contributed by atoms with Crippen molar-refractivity contribution in [3.8, 4) is 0 Å². The van der Waals surface area contributed by atoms with Crippen molar-refractivity contribution in [3.63, 3.8) is 0 Å². The van der Waals surface area contributed by atoms with Gasteiger partial charge in [-0.25, -0.2) is 4.79 Å². The van der Waals surface area contributed by atoms with E-state index >= 15 is 0 Å². The summed E-state index contributed by atoms with van der Waals surface area (Å²) in [6, 6.07) is 0. The first-order valence-electron chi connectivity index (χ1n) is 4.48. The molecule has 0 aromatic carbocycles. The number of hydrogen-bond donors (Lipinski definition) is 1. The zero-order valence-electron chi connectivity index (χ0n) is 9.18. The van der Waals surface area contributed by atoms with Gasteiger partial charge in [0.1, 0.15) is 0 Å². The lowest BCUT2D eigenvalue weighted by atomic mass is 10.1. The number of nitrogens with zero attached hydrogens (tertiary/aromatic N) is 1. The predicted molar refractivity (Wildman–Crippen MR) is 52.8 cm³/mol. The van der Waals surface area contributed by atoms with Crippen LogP contribution in [0.4, 0.5) is 4.79 Å². The number of hydrogen-bond acceptors (Lipinski definition) is 3. The highest BCUT2D eigenvalue weighted by Crippen LogP contribution is 2.07. The van der Waals surface area contributed by atoms with E-state index in [1.54, 1.807) is 6.92 Å². The van der Waals surface area contributed by atoms with E-state index < -0.39 is 0 Å². The molecule has 0 unspecified atom stereocenters. The van der Waals surface area contributed by atoms with E-state index in [2.05, 4.69) is 24.1 Å². The van der Waals surface area contributed by atoms with Crippen LogP contribution in [0.2, 0.25) is 0 Å². The Morgan fingerprint density at radius 3 is 2.38 bits per heavy atom. The van der Waals surface area contributed by atoms with E-state index in [0.29, 0.717) is 13.2 Å². The molecule has 0 bridgehead atoms. The molecular weight excluding hydrogens is 168 g/mol. The van der Waals surface area contributed by atoms with Crippen LogP contribution in [0, 0.1) is 0 Å². The Labute approximate surface area is 80.2 Å². The van der Waals surface area contributed by atoms with Gasteiger partial charge in [0.15, 0.2) is 0 Å². The minimum atomic E-state index is -0.350. The summed E-state index contributed by atoms with van der Waals surface area (Å²) in [5, 5.41) is 2.70. The fourth-order valence-corrected chi connectivity index (χ4v) is 0.629. The van der Waals surface area contributed by atoms with Crippen LogP contribution in [0.1, 0.15) is 20.8 Å². The van der Waals surface area contributed by atoms with Crippen molar-refractivity contribution in [2.45, 2.75) is 26.3 Å². The van der Waals surface area contributed by atoms with Gasteiger partial charge in [-0.1, -0.05) is 0 Å². The van der Waals surface area contributed by atoms with Crippen molar-refractivity contribution < 1.29 is 9.53 Å². The predicted octanol–water partition coefficient (Wildman–Crippen LogP) is 1.07. The number of amides is 1. The van der Waals surface area contributed by atoms with Crippen LogP contribution in [0.25, 0.3) is 0 Å². The molecular formula is C9H20N2O2. The zero-order valence-corrected chi connectivity index (χ0v) is 9.18. The molecule has 0 aromatic heterocycles. The van der Waals surface area contributed by atoms with Gasteiger partial charge in [0.05, 0.1) is 6.61 Å². The topological polar surface area (TPSA) is 41.6 Å². The minimum Gasteiger partial charge on any atom is -0.450 e. The van der Waals surface area contributed by atoms with Crippen LogP contribution in [-0.2, 0) is 4.74 Å². The first-order chi connectivity index (χ1) is 5.90. The first kappa shape index (κ1) is 12.2. The standard InChI is InChI=1S/C9H20N2O2/c1-6-13-8(12)10-7-9(2,3)11(4)5/h6-7H2,1-5H3,(H,10,12). The largest absolute Gasteiger partial charge is 0.450 e. The Morgan fingerprint density at radius 1 is 1.46 bits per heavy atom. The Morgan fingerprint density at radius 2 is 2.00 bits per heavy atom. The molecule has 0 saturated heterocycles. The van der Waals surface area contributed by atoms with Gasteiger partial charge >= 0.3 is 6.09 Å². The van der Waals surface area contributed by atoms with Gasteiger partial charge in [0, 0.05) is 12.1 Å². The number of likely N-dealkylation sites (N-methyl/N-ethyl adjacent to an activating group) is 1. The number of alkyl carbamates (subject to hydrolysis) is 1. The van der Waals surface area contributed by atoms with Crippen LogP contribution in [-0.4, -0.2) is 43.8 Å². The fourth-order valence-electron chi connectivity index (χ4n) is 0.629. The van der Waals surface area contributed by atoms with Crippen LogP contribution in [0.3, 0.4) is 0 Å². The molecule has 0 rings (SSSR count). The van der Waals surface area contributed by atoms with Gasteiger partial charge < -0.3 is 15.0 Å². The van der Waals surface area contributed by atoms with Gasteiger partial charge in [-0.15, -0.1) is 0 Å². The van der Waals surface area contributed by atoms with Crippen molar-refractivity contribution in [1.29, 1.82) is 0 Å². The van der Waals surface area contributed by atoms with E-state index in [-0.39, 0.29) is 11.6 Å². The summed E-state index contributed by atoms with van der Waals surface area (Å²) in [5.74, 6) is 0. The summed E-state index contributed by atoms with van der Waals surface area (Å²) in [4.78, 5) is 13.0. The molecule has 0 radical (unpaired) electrons. The first-order valence-corrected chi connectivity index (χ1v) is 4.48. The van der Waals surface area contributed by atoms with Gasteiger partial charge in [-0.05, 0) is 34.9 Å². The number of ether oxygens (including phenoxy) is 1. The molecule has 0 aliphatic rings. The lowest BCUT2D eigenvalue weighted by Crippen LogP contribution is -2.48. The number of rotatable bonds is 4. The average molecular weight is 188 g/mol. The second kappa shape index (κ2) is 5.07. The lowest BCUT2D eigenvalue weighted by Gasteiger charge is -2.32. The second-order valence-corrected chi connectivity index (χ2v) is 3.78.